The zero-order valence-electron chi connectivity index (χ0n) is 12.6. The van der Waals surface area contributed by atoms with Crippen molar-refractivity contribution in [3.63, 3.8) is 0 Å². The predicted octanol–water partition coefficient (Wildman–Crippen LogP) is 3.33. The van der Waals surface area contributed by atoms with Gasteiger partial charge in [0.25, 0.3) is 0 Å². The Kier molecular flexibility index (Phi) is 5.61. The third-order valence-electron chi connectivity index (χ3n) is 3.97. The number of methoxy groups -OCH3 is 1. The van der Waals surface area contributed by atoms with E-state index in [2.05, 4.69) is 28.7 Å². The Hall–Kier alpha value is -0.870. The molecule has 0 N–H and O–H groups in total. The molecule has 0 aliphatic heterocycles. The highest BCUT2D eigenvalue weighted by Gasteiger charge is 2.33. The molecule has 0 amide bonds. The van der Waals surface area contributed by atoms with Crippen LogP contribution in [0.1, 0.15) is 38.7 Å². The van der Waals surface area contributed by atoms with Crippen LogP contribution in [0.4, 0.5) is 5.82 Å². The highest BCUT2D eigenvalue weighted by molar-refractivity contribution is 6.30. The lowest BCUT2D eigenvalue weighted by Crippen LogP contribution is -2.38. The summed E-state index contributed by atoms with van der Waals surface area (Å²) in [5.41, 5.74) is 1.07. The third kappa shape index (κ3) is 3.61. The summed E-state index contributed by atoms with van der Waals surface area (Å²) in [5.74, 6) is 1.76. The lowest BCUT2D eigenvalue weighted by molar-refractivity contribution is 0.202. The summed E-state index contributed by atoms with van der Waals surface area (Å²) in [6.07, 6.45) is 6.14. The molecule has 1 heterocycles. The van der Waals surface area contributed by atoms with Crippen LogP contribution in [0.15, 0.2) is 6.33 Å². The van der Waals surface area contributed by atoms with E-state index < -0.39 is 0 Å². The summed E-state index contributed by atoms with van der Waals surface area (Å²) in [6.45, 7) is 5.97. The highest BCUT2D eigenvalue weighted by Crippen LogP contribution is 2.37. The zero-order valence-corrected chi connectivity index (χ0v) is 13.4. The van der Waals surface area contributed by atoms with Gasteiger partial charge in [-0.1, -0.05) is 24.9 Å². The van der Waals surface area contributed by atoms with Crippen LogP contribution in [-0.2, 0) is 11.2 Å². The van der Waals surface area contributed by atoms with E-state index in [4.69, 9.17) is 16.3 Å². The van der Waals surface area contributed by atoms with Gasteiger partial charge in [-0.05, 0) is 32.1 Å². The largest absolute Gasteiger partial charge is 0.383 e. The SMILES string of the molecule is CCCc1c(Cl)ncnc1N(CCOC)C(C)C1CC1. The second kappa shape index (κ2) is 7.23. The van der Waals surface area contributed by atoms with Crippen molar-refractivity contribution in [2.45, 2.75) is 45.6 Å². The van der Waals surface area contributed by atoms with Crippen LogP contribution in [0.3, 0.4) is 0 Å². The van der Waals surface area contributed by atoms with E-state index in [0.29, 0.717) is 17.8 Å². The second-order valence-corrected chi connectivity index (χ2v) is 5.84. The molecule has 1 fully saturated rings. The molecule has 1 aromatic rings. The molecule has 0 aromatic carbocycles. The summed E-state index contributed by atoms with van der Waals surface area (Å²) in [6, 6.07) is 0.478. The molecule has 0 saturated heterocycles. The molecule has 2 rings (SSSR count). The molecule has 5 heteroatoms. The molecular formula is C15H24ClN3O. The Morgan fingerprint density at radius 3 is 2.80 bits per heavy atom. The molecule has 4 nitrogen and oxygen atoms in total. The summed E-state index contributed by atoms with van der Waals surface area (Å²) < 4.78 is 5.26. The first-order valence-corrected chi connectivity index (χ1v) is 7.81. The Balaban J connectivity index is 2.28. The third-order valence-corrected chi connectivity index (χ3v) is 4.30. The second-order valence-electron chi connectivity index (χ2n) is 5.48. The molecule has 20 heavy (non-hydrogen) atoms. The Morgan fingerprint density at radius 2 is 2.20 bits per heavy atom. The molecule has 1 aromatic heterocycles. The van der Waals surface area contributed by atoms with Gasteiger partial charge in [0.2, 0.25) is 0 Å². The van der Waals surface area contributed by atoms with Crippen molar-refractivity contribution in [1.82, 2.24) is 9.97 Å². The van der Waals surface area contributed by atoms with E-state index in [1.807, 2.05) is 0 Å². The Labute approximate surface area is 126 Å². The summed E-state index contributed by atoms with van der Waals surface area (Å²) >= 11 is 6.28. The maximum Gasteiger partial charge on any atom is 0.137 e. The van der Waals surface area contributed by atoms with Crippen LogP contribution in [0, 0.1) is 5.92 Å². The van der Waals surface area contributed by atoms with Crippen molar-refractivity contribution < 1.29 is 4.74 Å². The van der Waals surface area contributed by atoms with E-state index in [-0.39, 0.29) is 0 Å². The van der Waals surface area contributed by atoms with Crippen LogP contribution < -0.4 is 4.90 Å². The van der Waals surface area contributed by atoms with Gasteiger partial charge in [0.1, 0.15) is 17.3 Å². The number of ether oxygens (including phenoxy) is 1. The van der Waals surface area contributed by atoms with Gasteiger partial charge >= 0.3 is 0 Å². The fraction of sp³-hybridized carbons (Fsp3) is 0.733. The molecule has 1 saturated carbocycles. The van der Waals surface area contributed by atoms with Crippen molar-refractivity contribution >= 4 is 17.4 Å². The van der Waals surface area contributed by atoms with E-state index in [1.54, 1.807) is 13.4 Å². The van der Waals surface area contributed by atoms with Crippen molar-refractivity contribution in [1.29, 1.82) is 0 Å². The fourth-order valence-corrected chi connectivity index (χ4v) is 2.84. The Bertz CT molecular complexity index is 437. The molecule has 1 aliphatic carbocycles. The minimum absolute atomic E-state index is 0.478. The van der Waals surface area contributed by atoms with E-state index in [9.17, 15) is 0 Å². The summed E-state index contributed by atoms with van der Waals surface area (Å²) in [5, 5.41) is 0.585. The number of nitrogens with zero attached hydrogens (tertiary/aromatic N) is 3. The molecular weight excluding hydrogens is 274 g/mol. The summed E-state index contributed by atoms with van der Waals surface area (Å²) in [4.78, 5) is 11.0. The van der Waals surface area contributed by atoms with Gasteiger partial charge in [0.05, 0.1) is 6.61 Å². The van der Waals surface area contributed by atoms with Crippen LogP contribution in [0.25, 0.3) is 0 Å². The number of hydrogen-bond donors (Lipinski definition) is 0. The first kappa shape index (κ1) is 15.5. The number of halogens is 1. The standard InChI is InChI=1S/C15H24ClN3O/c1-4-5-13-14(16)17-10-18-15(13)19(8-9-20-3)11(2)12-6-7-12/h10-12H,4-9H2,1-3H3. The zero-order chi connectivity index (χ0) is 14.5. The van der Waals surface area contributed by atoms with E-state index in [0.717, 1.165) is 36.7 Å². The number of aromatic nitrogens is 2. The fourth-order valence-electron chi connectivity index (χ4n) is 2.62. The Morgan fingerprint density at radius 1 is 1.45 bits per heavy atom. The number of anilines is 1. The molecule has 0 spiro atoms. The first-order valence-electron chi connectivity index (χ1n) is 7.44. The average molecular weight is 298 g/mol. The van der Waals surface area contributed by atoms with Gasteiger partial charge in [0, 0.05) is 25.3 Å². The average Bonchev–Trinajstić information content (AvgIpc) is 3.27. The molecule has 112 valence electrons. The minimum Gasteiger partial charge on any atom is -0.383 e. The highest BCUT2D eigenvalue weighted by atomic mass is 35.5. The van der Waals surface area contributed by atoms with Gasteiger partial charge in [-0.25, -0.2) is 9.97 Å². The van der Waals surface area contributed by atoms with Crippen molar-refractivity contribution in [2.75, 3.05) is 25.2 Å². The van der Waals surface area contributed by atoms with Gasteiger partial charge in [-0.3, -0.25) is 0 Å². The lowest BCUT2D eigenvalue weighted by Gasteiger charge is -2.32. The van der Waals surface area contributed by atoms with Crippen molar-refractivity contribution in [2.24, 2.45) is 5.92 Å². The van der Waals surface area contributed by atoms with Crippen molar-refractivity contribution in [3.05, 3.63) is 17.0 Å². The van der Waals surface area contributed by atoms with Crippen molar-refractivity contribution in [3.8, 4) is 0 Å². The van der Waals surface area contributed by atoms with Crippen LogP contribution in [0.5, 0.6) is 0 Å². The smallest absolute Gasteiger partial charge is 0.137 e. The molecule has 0 radical (unpaired) electrons. The maximum absolute atomic E-state index is 6.28. The normalized spacial score (nSPS) is 16.2. The number of rotatable bonds is 8. The van der Waals surface area contributed by atoms with E-state index in [1.165, 1.54) is 12.8 Å². The molecule has 0 bridgehead atoms. The van der Waals surface area contributed by atoms with Gasteiger partial charge in [0.15, 0.2) is 0 Å². The van der Waals surface area contributed by atoms with Crippen LogP contribution in [0.2, 0.25) is 5.15 Å². The van der Waals surface area contributed by atoms with Gasteiger partial charge < -0.3 is 9.64 Å². The van der Waals surface area contributed by atoms with Crippen LogP contribution in [-0.4, -0.2) is 36.3 Å². The monoisotopic (exact) mass is 297 g/mol. The molecule has 1 aliphatic rings. The molecule has 1 unspecified atom stereocenters. The van der Waals surface area contributed by atoms with Crippen LogP contribution >= 0.6 is 11.6 Å². The quantitative estimate of drug-likeness (QED) is 0.690. The van der Waals surface area contributed by atoms with Gasteiger partial charge in [-0.15, -0.1) is 0 Å². The summed E-state index contributed by atoms with van der Waals surface area (Å²) in [7, 11) is 1.74. The first-order chi connectivity index (χ1) is 9.69. The lowest BCUT2D eigenvalue weighted by atomic mass is 10.1. The number of hydrogen-bond acceptors (Lipinski definition) is 4. The van der Waals surface area contributed by atoms with E-state index >= 15 is 0 Å². The van der Waals surface area contributed by atoms with Gasteiger partial charge in [-0.2, -0.15) is 0 Å². The molecule has 1 atom stereocenters. The predicted molar refractivity (Wildman–Crippen MR) is 82.4 cm³/mol. The minimum atomic E-state index is 0.478. The topological polar surface area (TPSA) is 38.2 Å². The maximum atomic E-state index is 6.28.